The maximum atomic E-state index is 15.1. The Balaban J connectivity index is 2.12. The summed E-state index contributed by atoms with van der Waals surface area (Å²) < 4.78 is 16.7. The summed E-state index contributed by atoms with van der Waals surface area (Å²) in [5.41, 5.74) is 2.55. The van der Waals surface area contributed by atoms with Crippen molar-refractivity contribution >= 4 is 34.7 Å². The van der Waals surface area contributed by atoms with Crippen LogP contribution in [0.3, 0.4) is 0 Å². The highest BCUT2D eigenvalue weighted by Crippen LogP contribution is 2.37. The normalized spacial score (nSPS) is 13.4. The smallest absolute Gasteiger partial charge is 0.337 e. The average Bonchev–Trinajstić information content (AvgIpc) is 3.11. The van der Waals surface area contributed by atoms with Gasteiger partial charge in [0, 0.05) is 10.6 Å². The number of benzene rings is 2. The van der Waals surface area contributed by atoms with Crippen LogP contribution in [0.2, 0.25) is 10.0 Å². The van der Waals surface area contributed by atoms with Gasteiger partial charge in [0.1, 0.15) is 0 Å². The summed E-state index contributed by atoms with van der Waals surface area (Å²) in [7, 11) is 0. The van der Waals surface area contributed by atoms with Crippen molar-refractivity contribution in [3.63, 3.8) is 0 Å². The highest BCUT2D eigenvalue weighted by Gasteiger charge is 2.26. The maximum absolute atomic E-state index is 15.1. The van der Waals surface area contributed by atoms with E-state index >= 15 is 4.39 Å². The second kappa shape index (κ2) is 7.90. The molecule has 0 saturated heterocycles. The van der Waals surface area contributed by atoms with Gasteiger partial charge in [0.25, 0.3) is 0 Å². The van der Waals surface area contributed by atoms with E-state index in [9.17, 15) is 9.90 Å². The van der Waals surface area contributed by atoms with Gasteiger partial charge in [-0.2, -0.15) is 0 Å². The molecule has 0 spiro atoms. The number of nitrogens with zero attached hydrogens (tertiary/aromatic N) is 1. The molecular weight excluding hydrogens is 412 g/mol. The summed E-state index contributed by atoms with van der Waals surface area (Å²) in [6.07, 6.45) is 7.68. The second-order valence-electron chi connectivity index (χ2n) is 6.65. The number of carboxylic acid groups (broad SMARTS) is 1. The van der Waals surface area contributed by atoms with Gasteiger partial charge >= 0.3 is 5.97 Å². The van der Waals surface area contributed by atoms with E-state index in [-0.39, 0.29) is 16.3 Å². The first-order valence-corrected chi connectivity index (χ1v) is 9.79. The minimum absolute atomic E-state index is 0.0377. The Morgan fingerprint density at radius 3 is 2.55 bits per heavy atom. The van der Waals surface area contributed by atoms with E-state index in [0.29, 0.717) is 22.0 Å². The molecule has 0 bridgehead atoms. The third-order valence-corrected chi connectivity index (χ3v) is 5.32. The number of rotatable bonds is 4. The van der Waals surface area contributed by atoms with Crippen LogP contribution in [-0.2, 0) is 0 Å². The van der Waals surface area contributed by atoms with E-state index in [1.807, 2.05) is 18.2 Å². The van der Waals surface area contributed by atoms with Crippen LogP contribution in [0.4, 0.5) is 4.39 Å². The lowest BCUT2D eigenvalue weighted by Crippen LogP contribution is -2.06. The molecule has 146 valence electrons. The maximum Gasteiger partial charge on any atom is 0.337 e. The summed E-state index contributed by atoms with van der Waals surface area (Å²) in [5.74, 6) is -1.73. The summed E-state index contributed by atoms with van der Waals surface area (Å²) in [6, 6.07) is 13.1. The van der Waals surface area contributed by atoms with Gasteiger partial charge in [-0.3, -0.25) is 0 Å². The Bertz CT molecular complexity index is 1180. The third-order valence-electron chi connectivity index (χ3n) is 4.79. The number of allylic oxidation sites excluding steroid dienone is 4. The molecule has 1 N–H and O–H groups in total. The van der Waals surface area contributed by atoms with Crippen molar-refractivity contribution in [2.24, 2.45) is 0 Å². The molecule has 0 aliphatic heterocycles. The Hall–Kier alpha value is -2.82. The fraction of sp³-hybridized carbons (Fsp3) is 0.0870. The number of halogens is 3. The quantitative estimate of drug-likeness (QED) is 0.485. The molecular formula is C23H16Cl2FNO2. The first-order chi connectivity index (χ1) is 14.0. The van der Waals surface area contributed by atoms with Crippen LogP contribution in [0, 0.1) is 5.82 Å². The van der Waals surface area contributed by atoms with Crippen molar-refractivity contribution in [1.29, 1.82) is 0 Å². The highest BCUT2D eigenvalue weighted by atomic mass is 35.5. The van der Waals surface area contributed by atoms with E-state index in [1.54, 1.807) is 47.0 Å². The Morgan fingerprint density at radius 2 is 1.86 bits per heavy atom. The molecule has 1 heterocycles. The topological polar surface area (TPSA) is 42.2 Å². The second-order valence-corrected chi connectivity index (χ2v) is 7.50. The minimum atomic E-state index is -1.11. The van der Waals surface area contributed by atoms with Crippen molar-refractivity contribution < 1.29 is 14.3 Å². The van der Waals surface area contributed by atoms with Crippen molar-refractivity contribution in [2.75, 3.05) is 0 Å². The number of aromatic carboxylic acids is 1. The molecule has 0 unspecified atom stereocenters. The lowest BCUT2D eigenvalue weighted by Gasteiger charge is -2.17. The number of aromatic nitrogens is 1. The molecule has 1 aliphatic rings. The molecule has 4 rings (SSSR count). The Kier molecular flexibility index (Phi) is 5.31. The molecule has 0 amide bonds. The van der Waals surface area contributed by atoms with E-state index in [4.69, 9.17) is 23.2 Å². The molecule has 29 heavy (non-hydrogen) atoms. The number of hydrogen-bond donors (Lipinski definition) is 1. The SMILES string of the molecule is O=C(O)c1cc(C2=CCCC=C2)n(-c2cccc(Cl)c2F)c1-c1cccc(Cl)c1. The molecule has 3 nitrogen and oxygen atoms in total. The summed E-state index contributed by atoms with van der Waals surface area (Å²) in [6.45, 7) is 0. The van der Waals surface area contributed by atoms with E-state index in [0.717, 1.165) is 18.4 Å². The van der Waals surface area contributed by atoms with Crippen LogP contribution < -0.4 is 0 Å². The molecule has 3 aromatic rings. The third kappa shape index (κ3) is 3.61. The lowest BCUT2D eigenvalue weighted by molar-refractivity contribution is 0.0698. The number of hydrogen-bond acceptors (Lipinski definition) is 1. The zero-order valence-corrected chi connectivity index (χ0v) is 16.7. The fourth-order valence-corrected chi connectivity index (χ4v) is 3.88. The molecule has 1 aliphatic carbocycles. The minimum Gasteiger partial charge on any atom is -0.478 e. The van der Waals surface area contributed by atoms with Crippen molar-refractivity contribution in [2.45, 2.75) is 12.8 Å². The molecule has 0 atom stereocenters. The molecule has 6 heteroatoms. The number of carboxylic acids is 1. The van der Waals surface area contributed by atoms with Gasteiger partial charge in [0.2, 0.25) is 0 Å². The zero-order valence-electron chi connectivity index (χ0n) is 15.2. The van der Waals surface area contributed by atoms with Crippen LogP contribution in [0.25, 0.3) is 22.5 Å². The van der Waals surface area contributed by atoms with Gasteiger partial charge in [-0.15, -0.1) is 0 Å². The zero-order chi connectivity index (χ0) is 20.5. The molecule has 2 aromatic carbocycles. The van der Waals surface area contributed by atoms with Gasteiger partial charge in [-0.25, -0.2) is 9.18 Å². The molecule has 0 radical (unpaired) electrons. The Morgan fingerprint density at radius 1 is 1.07 bits per heavy atom. The van der Waals surface area contributed by atoms with Crippen LogP contribution in [0.5, 0.6) is 0 Å². The van der Waals surface area contributed by atoms with Crippen molar-refractivity contribution in [1.82, 2.24) is 4.57 Å². The van der Waals surface area contributed by atoms with E-state index < -0.39 is 11.8 Å². The predicted molar refractivity (Wildman–Crippen MR) is 114 cm³/mol. The van der Waals surface area contributed by atoms with Crippen LogP contribution >= 0.6 is 23.2 Å². The highest BCUT2D eigenvalue weighted by molar-refractivity contribution is 6.31. The lowest BCUT2D eigenvalue weighted by atomic mass is 10.0. The van der Waals surface area contributed by atoms with Gasteiger partial charge in [0.15, 0.2) is 5.82 Å². The predicted octanol–water partition coefficient (Wildman–Crippen LogP) is 7.02. The Labute approximate surface area is 177 Å². The van der Waals surface area contributed by atoms with E-state index in [1.165, 1.54) is 6.07 Å². The van der Waals surface area contributed by atoms with Gasteiger partial charge in [-0.05, 0) is 48.7 Å². The van der Waals surface area contributed by atoms with Crippen LogP contribution in [0.15, 0.2) is 66.8 Å². The fourth-order valence-electron chi connectivity index (χ4n) is 3.53. The average molecular weight is 428 g/mol. The molecule has 1 aromatic heterocycles. The van der Waals surface area contributed by atoms with Crippen molar-refractivity contribution in [3.05, 3.63) is 93.9 Å². The number of carbonyl (C=O) groups is 1. The van der Waals surface area contributed by atoms with Crippen molar-refractivity contribution in [3.8, 4) is 16.9 Å². The molecule has 0 fully saturated rings. The monoisotopic (exact) mass is 427 g/mol. The largest absolute Gasteiger partial charge is 0.478 e. The first-order valence-electron chi connectivity index (χ1n) is 9.04. The van der Waals surface area contributed by atoms with Gasteiger partial charge < -0.3 is 9.67 Å². The van der Waals surface area contributed by atoms with Gasteiger partial charge in [-0.1, -0.05) is 59.6 Å². The van der Waals surface area contributed by atoms with E-state index in [2.05, 4.69) is 0 Å². The van der Waals surface area contributed by atoms with Gasteiger partial charge in [0.05, 0.1) is 27.7 Å². The summed E-state index contributed by atoms with van der Waals surface area (Å²) in [4.78, 5) is 12.1. The first kappa shape index (κ1) is 19.5. The van der Waals surface area contributed by atoms with Crippen LogP contribution in [-0.4, -0.2) is 15.6 Å². The summed E-state index contributed by atoms with van der Waals surface area (Å²) in [5, 5.41) is 10.3. The van der Waals surface area contributed by atoms with Crippen LogP contribution in [0.1, 0.15) is 28.9 Å². The standard InChI is InChI=1S/C23H16Cl2FNO2/c24-16-9-4-8-15(12-16)22-17(23(28)29)13-20(14-6-2-1-3-7-14)27(22)19-11-5-10-18(25)21(19)26/h2,4-13H,1,3H2,(H,28,29). The summed E-state index contributed by atoms with van der Waals surface area (Å²) >= 11 is 12.2. The molecule has 0 saturated carbocycles.